The number of aliphatic carboxylic acids is 1. The van der Waals surface area contributed by atoms with E-state index in [1.165, 1.54) is 0 Å². The van der Waals surface area contributed by atoms with Crippen molar-refractivity contribution < 1.29 is 19.7 Å². The molecule has 0 aromatic heterocycles. The van der Waals surface area contributed by atoms with E-state index < -0.39 is 18.2 Å². The average molecular weight is 146 g/mol. The van der Waals surface area contributed by atoms with E-state index in [9.17, 15) is 4.79 Å². The molecule has 4 heteroatoms. The summed E-state index contributed by atoms with van der Waals surface area (Å²) in [5, 5.41) is 17.3. The Hall–Kier alpha value is -0.610. The van der Waals surface area contributed by atoms with Crippen molar-refractivity contribution in [1.82, 2.24) is 0 Å². The average Bonchev–Trinajstić information content (AvgIpc) is 1.88. The Morgan fingerprint density at radius 2 is 2.20 bits per heavy atom. The second-order valence-corrected chi connectivity index (χ2v) is 2.39. The molecule has 0 bridgehead atoms. The Balaban J connectivity index is 2.33. The van der Waals surface area contributed by atoms with E-state index in [0.717, 1.165) is 0 Å². The smallest absolute Gasteiger partial charge is 0.332 e. The van der Waals surface area contributed by atoms with Crippen molar-refractivity contribution in [2.24, 2.45) is 0 Å². The van der Waals surface area contributed by atoms with Crippen molar-refractivity contribution in [2.75, 3.05) is 6.61 Å². The molecule has 1 fully saturated rings. The summed E-state index contributed by atoms with van der Waals surface area (Å²) in [6.07, 6.45) is -0.244. The van der Waals surface area contributed by atoms with E-state index in [2.05, 4.69) is 0 Å². The quantitative estimate of drug-likeness (QED) is 0.528. The van der Waals surface area contributed by atoms with Gasteiger partial charge in [0.25, 0.3) is 0 Å². The normalized spacial score (nSPS) is 33.7. The summed E-state index contributed by atoms with van der Waals surface area (Å²) in [6, 6.07) is 0. The first-order valence-corrected chi connectivity index (χ1v) is 3.22. The van der Waals surface area contributed by atoms with Crippen LogP contribution < -0.4 is 0 Å². The lowest BCUT2D eigenvalue weighted by atomic mass is 10.1. The van der Waals surface area contributed by atoms with Gasteiger partial charge in [0.1, 0.15) is 0 Å². The molecular weight excluding hydrogens is 136 g/mol. The first kappa shape index (κ1) is 7.50. The summed E-state index contributed by atoms with van der Waals surface area (Å²) in [5.41, 5.74) is 0. The Morgan fingerprint density at radius 1 is 1.50 bits per heavy atom. The van der Waals surface area contributed by atoms with Gasteiger partial charge in [0.15, 0.2) is 6.10 Å². The van der Waals surface area contributed by atoms with Gasteiger partial charge in [-0.2, -0.15) is 0 Å². The standard InChI is InChI=1S/C6H10O4/c7-4-1-2-5(6(8)9)10-3-4/h4-5,7H,1-3H2,(H,8,9)/t4-,5+/m1/s1. The van der Waals surface area contributed by atoms with Crippen LogP contribution in [0.3, 0.4) is 0 Å². The molecule has 0 spiro atoms. The van der Waals surface area contributed by atoms with Crippen LogP contribution in [-0.2, 0) is 9.53 Å². The molecule has 4 nitrogen and oxygen atoms in total. The fourth-order valence-corrected chi connectivity index (χ4v) is 0.932. The summed E-state index contributed by atoms with van der Waals surface area (Å²) in [5.74, 6) is -0.938. The highest BCUT2D eigenvalue weighted by molar-refractivity contribution is 5.72. The topological polar surface area (TPSA) is 66.8 Å². The second kappa shape index (κ2) is 2.98. The number of hydrogen-bond donors (Lipinski definition) is 2. The molecule has 0 aromatic rings. The van der Waals surface area contributed by atoms with Crippen molar-refractivity contribution >= 4 is 5.97 Å². The highest BCUT2D eigenvalue weighted by Crippen LogP contribution is 2.12. The van der Waals surface area contributed by atoms with Crippen molar-refractivity contribution in [3.8, 4) is 0 Å². The van der Waals surface area contributed by atoms with Gasteiger partial charge in [-0.3, -0.25) is 0 Å². The van der Waals surface area contributed by atoms with E-state index in [4.69, 9.17) is 14.9 Å². The summed E-state index contributed by atoms with van der Waals surface area (Å²) in [7, 11) is 0. The lowest BCUT2D eigenvalue weighted by molar-refractivity contribution is -0.157. The van der Waals surface area contributed by atoms with Crippen LogP contribution in [0.5, 0.6) is 0 Å². The summed E-state index contributed by atoms with van der Waals surface area (Å²) in [6.45, 7) is 0.150. The Bertz CT molecular complexity index is 126. The molecule has 10 heavy (non-hydrogen) atoms. The number of carbonyl (C=O) groups is 1. The zero-order chi connectivity index (χ0) is 7.56. The van der Waals surface area contributed by atoms with Crippen LogP contribution >= 0.6 is 0 Å². The van der Waals surface area contributed by atoms with Gasteiger partial charge in [-0.25, -0.2) is 4.79 Å². The van der Waals surface area contributed by atoms with E-state index in [1.54, 1.807) is 0 Å². The minimum Gasteiger partial charge on any atom is -0.479 e. The van der Waals surface area contributed by atoms with Gasteiger partial charge >= 0.3 is 5.97 Å². The van der Waals surface area contributed by atoms with Crippen LogP contribution in [0.4, 0.5) is 0 Å². The lowest BCUT2D eigenvalue weighted by Crippen LogP contribution is -2.34. The Kier molecular flexibility index (Phi) is 2.24. The predicted molar refractivity (Wildman–Crippen MR) is 32.6 cm³/mol. The highest BCUT2D eigenvalue weighted by atomic mass is 16.5. The van der Waals surface area contributed by atoms with Crippen LogP contribution in [0.1, 0.15) is 12.8 Å². The maximum atomic E-state index is 10.3. The molecule has 0 aliphatic carbocycles. The minimum absolute atomic E-state index is 0.150. The van der Waals surface area contributed by atoms with Crippen LogP contribution in [0.25, 0.3) is 0 Å². The third-order valence-corrected chi connectivity index (χ3v) is 1.53. The molecule has 1 heterocycles. The number of carboxylic acid groups (broad SMARTS) is 1. The van der Waals surface area contributed by atoms with Gasteiger partial charge in [-0.15, -0.1) is 0 Å². The maximum absolute atomic E-state index is 10.3. The number of aliphatic hydroxyl groups is 1. The van der Waals surface area contributed by atoms with E-state index >= 15 is 0 Å². The number of hydrogen-bond acceptors (Lipinski definition) is 3. The van der Waals surface area contributed by atoms with Gasteiger partial charge in [0, 0.05) is 0 Å². The fourth-order valence-electron chi connectivity index (χ4n) is 0.932. The summed E-state index contributed by atoms with van der Waals surface area (Å²) >= 11 is 0. The molecule has 1 aliphatic heterocycles. The fraction of sp³-hybridized carbons (Fsp3) is 0.833. The lowest BCUT2D eigenvalue weighted by Gasteiger charge is -2.22. The van der Waals surface area contributed by atoms with Crippen molar-refractivity contribution in [3.63, 3.8) is 0 Å². The second-order valence-electron chi connectivity index (χ2n) is 2.39. The van der Waals surface area contributed by atoms with Crippen LogP contribution in [0, 0.1) is 0 Å². The SMILES string of the molecule is O=C(O)[C@@H]1CC[C@@H](O)CO1. The third kappa shape index (κ3) is 1.68. The largest absolute Gasteiger partial charge is 0.479 e. The Morgan fingerprint density at radius 3 is 2.60 bits per heavy atom. The molecular formula is C6H10O4. The molecule has 0 aromatic carbocycles. The van der Waals surface area contributed by atoms with Crippen molar-refractivity contribution in [3.05, 3.63) is 0 Å². The predicted octanol–water partition coefficient (Wildman–Crippen LogP) is -0.389. The zero-order valence-electron chi connectivity index (χ0n) is 5.49. The molecule has 0 saturated carbocycles. The third-order valence-electron chi connectivity index (χ3n) is 1.53. The molecule has 2 N–H and O–H groups in total. The minimum atomic E-state index is -0.938. The Labute approximate surface area is 58.4 Å². The molecule has 1 saturated heterocycles. The van der Waals surface area contributed by atoms with E-state index in [1.807, 2.05) is 0 Å². The van der Waals surface area contributed by atoms with Gasteiger partial charge in [-0.05, 0) is 12.8 Å². The molecule has 58 valence electrons. The number of ether oxygens (including phenoxy) is 1. The van der Waals surface area contributed by atoms with Crippen LogP contribution in [-0.4, -0.2) is 35.0 Å². The first-order valence-electron chi connectivity index (χ1n) is 3.22. The summed E-state index contributed by atoms with van der Waals surface area (Å²) in [4.78, 5) is 10.3. The first-order chi connectivity index (χ1) is 4.70. The molecule has 1 aliphatic rings. The van der Waals surface area contributed by atoms with Gasteiger partial charge in [-0.1, -0.05) is 0 Å². The van der Waals surface area contributed by atoms with E-state index in [0.29, 0.717) is 12.8 Å². The van der Waals surface area contributed by atoms with Gasteiger partial charge in [0.2, 0.25) is 0 Å². The van der Waals surface area contributed by atoms with Crippen LogP contribution in [0.2, 0.25) is 0 Å². The van der Waals surface area contributed by atoms with Crippen molar-refractivity contribution in [1.29, 1.82) is 0 Å². The zero-order valence-corrected chi connectivity index (χ0v) is 5.49. The number of carboxylic acids is 1. The number of aliphatic hydroxyl groups excluding tert-OH is 1. The highest BCUT2D eigenvalue weighted by Gasteiger charge is 2.24. The molecule has 0 amide bonds. The van der Waals surface area contributed by atoms with Crippen LogP contribution in [0.15, 0.2) is 0 Å². The van der Waals surface area contributed by atoms with E-state index in [-0.39, 0.29) is 6.61 Å². The molecule has 0 radical (unpaired) electrons. The van der Waals surface area contributed by atoms with Gasteiger partial charge < -0.3 is 14.9 Å². The molecule has 0 unspecified atom stereocenters. The molecule has 2 atom stereocenters. The summed E-state index contributed by atoms with van der Waals surface area (Å²) < 4.78 is 4.80. The monoisotopic (exact) mass is 146 g/mol. The maximum Gasteiger partial charge on any atom is 0.332 e. The van der Waals surface area contributed by atoms with Gasteiger partial charge in [0.05, 0.1) is 12.7 Å². The van der Waals surface area contributed by atoms with Crippen molar-refractivity contribution in [2.45, 2.75) is 25.0 Å². The molecule has 1 rings (SSSR count). The number of rotatable bonds is 1.